The lowest BCUT2D eigenvalue weighted by Gasteiger charge is -2.14. The highest BCUT2D eigenvalue weighted by molar-refractivity contribution is 7.98. The van der Waals surface area contributed by atoms with Crippen molar-refractivity contribution in [3.8, 4) is 34.3 Å². The number of hydrogen-bond donors (Lipinski definition) is 0. The highest BCUT2D eigenvalue weighted by Gasteiger charge is 2.28. The van der Waals surface area contributed by atoms with Crippen molar-refractivity contribution in [2.75, 3.05) is 13.4 Å². The summed E-state index contributed by atoms with van der Waals surface area (Å²) in [5, 5.41) is 9.77. The van der Waals surface area contributed by atoms with Gasteiger partial charge in [-0.25, -0.2) is 4.98 Å². The van der Waals surface area contributed by atoms with Crippen molar-refractivity contribution in [2.24, 2.45) is 0 Å². The Morgan fingerprint density at radius 3 is 2.56 bits per heavy atom. The van der Waals surface area contributed by atoms with E-state index < -0.39 is 0 Å². The molecule has 0 unspecified atom stereocenters. The number of nitrogens with zero attached hydrogens (tertiary/aromatic N) is 2. The molecule has 0 aliphatic heterocycles. The minimum atomic E-state index is 0.391. The van der Waals surface area contributed by atoms with E-state index in [0.29, 0.717) is 11.4 Å². The summed E-state index contributed by atoms with van der Waals surface area (Å²) in [5.74, 6) is 0.391. The van der Waals surface area contributed by atoms with Gasteiger partial charge in [0.1, 0.15) is 11.6 Å². The molecular formula is C21H16N2OS. The van der Waals surface area contributed by atoms with Gasteiger partial charge in [0.2, 0.25) is 5.88 Å². The zero-order chi connectivity index (χ0) is 17.4. The summed E-state index contributed by atoms with van der Waals surface area (Å²) in [4.78, 5) is 5.85. The number of hydrogen-bond acceptors (Lipinski definition) is 4. The molecule has 1 aromatic heterocycles. The van der Waals surface area contributed by atoms with Crippen molar-refractivity contribution in [1.29, 1.82) is 5.26 Å². The number of nitriles is 1. The second kappa shape index (κ2) is 6.27. The third kappa shape index (κ3) is 2.48. The Kier molecular flexibility index (Phi) is 3.95. The zero-order valence-electron chi connectivity index (χ0n) is 14.0. The van der Waals surface area contributed by atoms with Crippen LogP contribution in [0.4, 0.5) is 0 Å². The number of benzene rings is 2. The molecule has 0 N–H and O–H groups in total. The minimum Gasteiger partial charge on any atom is -0.480 e. The average Bonchev–Trinajstić information content (AvgIpc) is 3.04. The van der Waals surface area contributed by atoms with Gasteiger partial charge >= 0.3 is 0 Å². The lowest BCUT2D eigenvalue weighted by molar-refractivity contribution is 0.397. The van der Waals surface area contributed by atoms with Gasteiger partial charge in [0.25, 0.3) is 0 Å². The van der Waals surface area contributed by atoms with E-state index in [2.05, 4.69) is 53.7 Å². The van der Waals surface area contributed by atoms with Crippen LogP contribution < -0.4 is 4.74 Å². The smallest absolute Gasteiger partial charge is 0.232 e. The van der Waals surface area contributed by atoms with Crippen LogP contribution in [0.1, 0.15) is 16.7 Å². The Morgan fingerprint density at radius 1 is 1.12 bits per heavy atom. The average molecular weight is 344 g/mol. The number of pyridine rings is 1. The van der Waals surface area contributed by atoms with Crippen LogP contribution in [0.5, 0.6) is 5.88 Å². The van der Waals surface area contributed by atoms with Gasteiger partial charge in [0.15, 0.2) is 0 Å². The Morgan fingerprint density at radius 2 is 1.88 bits per heavy atom. The van der Waals surface area contributed by atoms with E-state index in [1.54, 1.807) is 18.9 Å². The molecule has 3 aromatic rings. The molecule has 4 heteroatoms. The van der Waals surface area contributed by atoms with E-state index >= 15 is 0 Å². The quantitative estimate of drug-likeness (QED) is 0.495. The maximum Gasteiger partial charge on any atom is 0.232 e. The maximum absolute atomic E-state index is 9.77. The predicted octanol–water partition coefficient (Wildman–Crippen LogP) is 4.92. The molecule has 122 valence electrons. The number of methoxy groups -OCH3 is 1. The summed E-state index contributed by atoms with van der Waals surface area (Å²) < 4.78 is 5.45. The fourth-order valence-corrected chi connectivity index (χ4v) is 3.83. The molecule has 1 aliphatic carbocycles. The molecule has 0 bridgehead atoms. The summed E-state index contributed by atoms with van der Waals surface area (Å²) in [6.07, 6.45) is 2.84. The Hall–Kier alpha value is -2.77. The first-order valence-corrected chi connectivity index (χ1v) is 9.23. The molecule has 0 spiro atoms. The van der Waals surface area contributed by atoms with Crippen LogP contribution in [0.3, 0.4) is 0 Å². The monoisotopic (exact) mass is 344 g/mol. The Labute approximate surface area is 151 Å². The summed E-state index contributed by atoms with van der Waals surface area (Å²) in [5.41, 5.74) is 6.87. The molecule has 0 saturated carbocycles. The van der Waals surface area contributed by atoms with Gasteiger partial charge in [0, 0.05) is 22.4 Å². The van der Waals surface area contributed by atoms with Crippen molar-refractivity contribution in [2.45, 2.75) is 11.3 Å². The molecule has 25 heavy (non-hydrogen) atoms. The largest absolute Gasteiger partial charge is 0.480 e. The van der Waals surface area contributed by atoms with E-state index in [0.717, 1.165) is 34.4 Å². The standard InChI is InChI=1S/C21H16N2OS/c1-24-21-18(12-22)19(13-7-9-15(25-2)10-8-13)17-11-14-5-3-4-6-16(14)20(17)23-21/h3-10H,11H2,1-2H3. The summed E-state index contributed by atoms with van der Waals surface area (Å²) in [6.45, 7) is 0. The molecule has 0 saturated heterocycles. The molecular weight excluding hydrogens is 328 g/mol. The lowest BCUT2D eigenvalue weighted by atomic mass is 9.94. The van der Waals surface area contributed by atoms with E-state index in [1.165, 1.54) is 10.5 Å². The van der Waals surface area contributed by atoms with Crippen LogP contribution >= 0.6 is 11.8 Å². The molecule has 3 nitrogen and oxygen atoms in total. The third-order valence-corrected chi connectivity index (χ3v) is 5.33. The molecule has 1 heterocycles. The first kappa shape index (κ1) is 15.7. The number of ether oxygens (including phenoxy) is 1. The van der Waals surface area contributed by atoms with E-state index in [1.807, 2.05) is 12.1 Å². The van der Waals surface area contributed by atoms with Crippen molar-refractivity contribution < 1.29 is 4.74 Å². The second-order valence-electron chi connectivity index (χ2n) is 5.87. The first-order valence-electron chi connectivity index (χ1n) is 8.00. The van der Waals surface area contributed by atoms with Crippen molar-refractivity contribution in [1.82, 2.24) is 4.98 Å². The van der Waals surface area contributed by atoms with Gasteiger partial charge in [-0.15, -0.1) is 11.8 Å². The normalized spacial score (nSPS) is 11.6. The van der Waals surface area contributed by atoms with E-state index in [-0.39, 0.29) is 0 Å². The van der Waals surface area contributed by atoms with Gasteiger partial charge in [-0.2, -0.15) is 5.26 Å². The molecule has 0 atom stereocenters. The van der Waals surface area contributed by atoms with Gasteiger partial charge in [-0.1, -0.05) is 36.4 Å². The highest BCUT2D eigenvalue weighted by atomic mass is 32.2. The Bertz CT molecular complexity index is 1000. The SMILES string of the molecule is COc1nc2c(c(-c3ccc(SC)cc3)c1C#N)Cc1ccccc1-2. The number of thioether (sulfide) groups is 1. The maximum atomic E-state index is 9.77. The van der Waals surface area contributed by atoms with Crippen LogP contribution in [0.2, 0.25) is 0 Å². The zero-order valence-corrected chi connectivity index (χ0v) is 14.9. The summed E-state index contributed by atoms with van der Waals surface area (Å²) >= 11 is 1.70. The summed E-state index contributed by atoms with van der Waals surface area (Å²) in [6, 6.07) is 18.9. The van der Waals surface area contributed by atoms with Crippen molar-refractivity contribution >= 4 is 11.8 Å². The van der Waals surface area contributed by atoms with Crippen LogP contribution in [0.15, 0.2) is 53.4 Å². The van der Waals surface area contributed by atoms with Crippen molar-refractivity contribution in [3.63, 3.8) is 0 Å². The van der Waals surface area contributed by atoms with Crippen LogP contribution in [0, 0.1) is 11.3 Å². The second-order valence-corrected chi connectivity index (χ2v) is 6.75. The fourth-order valence-electron chi connectivity index (χ4n) is 3.42. The fraction of sp³-hybridized carbons (Fsp3) is 0.143. The highest BCUT2D eigenvalue weighted by Crippen LogP contribution is 2.44. The van der Waals surface area contributed by atoms with Gasteiger partial charge in [-0.05, 0) is 35.1 Å². The van der Waals surface area contributed by atoms with E-state index in [4.69, 9.17) is 4.74 Å². The van der Waals surface area contributed by atoms with Gasteiger partial charge < -0.3 is 4.74 Å². The lowest BCUT2D eigenvalue weighted by Crippen LogP contribution is -2.00. The van der Waals surface area contributed by atoms with Crippen molar-refractivity contribution in [3.05, 3.63) is 65.2 Å². The third-order valence-electron chi connectivity index (χ3n) is 4.59. The number of aromatic nitrogens is 1. The molecule has 4 rings (SSSR count). The van der Waals surface area contributed by atoms with Gasteiger partial charge in [0.05, 0.1) is 12.8 Å². The van der Waals surface area contributed by atoms with Crippen LogP contribution in [-0.2, 0) is 6.42 Å². The molecule has 1 aliphatic rings. The Balaban J connectivity index is 2.01. The van der Waals surface area contributed by atoms with E-state index in [9.17, 15) is 5.26 Å². The molecule has 0 amide bonds. The van der Waals surface area contributed by atoms with Gasteiger partial charge in [-0.3, -0.25) is 0 Å². The molecule has 0 radical (unpaired) electrons. The molecule has 2 aromatic carbocycles. The molecule has 0 fully saturated rings. The first-order chi connectivity index (χ1) is 12.3. The predicted molar refractivity (Wildman–Crippen MR) is 101 cm³/mol. The summed E-state index contributed by atoms with van der Waals surface area (Å²) in [7, 11) is 1.57. The van der Waals surface area contributed by atoms with Crippen LogP contribution in [-0.4, -0.2) is 18.3 Å². The topological polar surface area (TPSA) is 45.9 Å². The minimum absolute atomic E-state index is 0.391. The van der Waals surface area contributed by atoms with Crippen LogP contribution in [0.25, 0.3) is 22.4 Å². The number of fused-ring (bicyclic) bond motifs is 3. The number of rotatable bonds is 3.